The van der Waals surface area contributed by atoms with Gasteiger partial charge in [0.25, 0.3) is 0 Å². The molecule has 0 spiro atoms. The van der Waals surface area contributed by atoms with E-state index in [2.05, 4.69) is 4.98 Å². The highest BCUT2D eigenvalue weighted by atomic mass is 16.3. The molecule has 68 valence electrons. The lowest BCUT2D eigenvalue weighted by Gasteiger charge is -2.05. The number of H-pyrrole nitrogens is 1. The summed E-state index contributed by atoms with van der Waals surface area (Å²) in [6, 6.07) is 7.62. The molecule has 0 aliphatic carbocycles. The van der Waals surface area contributed by atoms with Crippen molar-refractivity contribution in [2.24, 2.45) is 5.73 Å². The smallest absolute Gasteiger partial charge is 0.0625 e. The van der Waals surface area contributed by atoms with Crippen molar-refractivity contribution in [3.05, 3.63) is 36.0 Å². The molecule has 2 rings (SSSR count). The number of nitrogens with one attached hydrogen (secondary N) is 1. The number of hydrogen-bond acceptors (Lipinski definition) is 2. The quantitative estimate of drug-likeness (QED) is 0.643. The molecule has 0 fully saturated rings. The van der Waals surface area contributed by atoms with E-state index in [1.54, 1.807) is 0 Å². The molecule has 1 aromatic carbocycles. The third kappa shape index (κ3) is 1.32. The fourth-order valence-corrected chi connectivity index (χ4v) is 1.50. The van der Waals surface area contributed by atoms with E-state index in [-0.39, 0.29) is 12.6 Å². The molecule has 4 N–H and O–H groups in total. The van der Waals surface area contributed by atoms with E-state index >= 15 is 0 Å². The van der Waals surface area contributed by atoms with Crippen LogP contribution in [0, 0.1) is 0 Å². The fraction of sp³-hybridized carbons (Fsp3) is 0.200. The summed E-state index contributed by atoms with van der Waals surface area (Å²) < 4.78 is 0. The number of aliphatic hydroxyl groups is 1. The first-order chi connectivity index (χ1) is 6.33. The summed E-state index contributed by atoms with van der Waals surface area (Å²) in [5.41, 5.74) is 7.76. The molecule has 0 bridgehead atoms. The molecule has 1 atom stereocenters. The number of nitrogens with two attached hydrogens (primary N) is 1. The number of aromatic amines is 1. The van der Waals surface area contributed by atoms with Gasteiger partial charge in [-0.1, -0.05) is 18.2 Å². The highest BCUT2D eigenvalue weighted by Crippen LogP contribution is 2.21. The van der Waals surface area contributed by atoms with E-state index in [0.717, 1.165) is 16.5 Å². The zero-order valence-corrected chi connectivity index (χ0v) is 7.20. The van der Waals surface area contributed by atoms with Gasteiger partial charge >= 0.3 is 0 Å². The van der Waals surface area contributed by atoms with Gasteiger partial charge in [-0.2, -0.15) is 0 Å². The Hall–Kier alpha value is -1.32. The van der Waals surface area contributed by atoms with Gasteiger partial charge in [-0.15, -0.1) is 0 Å². The van der Waals surface area contributed by atoms with Crippen molar-refractivity contribution in [1.82, 2.24) is 4.98 Å². The molecule has 0 aliphatic heterocycles. The Morgan fingerprint density at radius 3 is 2.92 bits per heavy atom. The second-order valence-electron chi connectivity index (χ2n) is 3.08. The van der Waals surface area contributed by atoms with Crippen molar-refractivity contribution in [1.29, 1.82) is 0 Å². The first-order valence-corrected chi connectivity index (χ1v) is 4.25. The number of hydrogen-bond donors (Lipinski definition) is 3. The van der Waals surface area contributed by atoms with Crippen molar-refractivity contribution in [2.45, 2.75) is 6.04 Å². The Labute approximate surface area is 76.2 Å². The van der Waals surface area contributed by atoms with Crippen LogP contribution < -0.4 is 5.73 Å². The maximum absolute atomic E-state index is 8.93. The highest BCUT2D eigenvalue weighted by Gasteiger charge is 2.09. The van der Waals surface area contributed by atoms with Crippen molar-refractivity contribution in [2.75, 3.05) is 6.61 Å². The third-order valence-corrected chi connectivity index (χ3v) is 2.22. The summed E-state index contributed by atoms with van der Waals surface area (Å²) >= 11 is 0. The van der Waals surface area contributed by atoms with Gasteiger partial charge in [0.1, 0.15) is 0 Å². The summed E-state index contributed by atoms with van der Waals surface area (Å²) in [6.07, 6.45) is 1.85. The molecule has 1 unspecified atom stereocenters. The van der Waals surface area contributed by atoms with Crippen LogP contribution in [0.5, 0.6) is 0 Å². The third-order valence-electron chi connectivity index (χ3n) is 2.22. The van der Waals surface area contributed by atoms with Gasteiger partial charge in [0.15, 0.2) is 0 Å². The van der Waals surface area contributed by atoms with Crippen LogP contribution in [0.15, 0.2) is 30.5 Å². The Bertz CT molecular complexity index is 408. The SMILES string of the molecule is NC(CO)c1c[nH]c2ccccc12. The molecule has 0 saturated heterocycles. The van der Waals surface area contributed by atoms with Gasteiger partial charge in [0, 0.05) is 17.1 Å². The molecular weight excluding hydrogens is 164 g/mol. The topological polar surface area (TPSA) is 62.0 Å². The van der Waals surface area contributed by atoms with Crippen LogP contribution in [0.4, 0.5) is 0 Å². The van der Waals surface area contributed by atoms with Gasteiger partial charge in [0.05, 0.1) is 12.6 Å². The number of rotatable bonds is 2. The lowest BCUT2D eigenvalue weighted by molar-refractivity contribution is 0.268. The molecule has 0 aliphatic rings. The molecule has 1 heterocycles. The van der Waals surface area contributed by atoms with Crippen molar-refractivity contribution >= 4 is 10.9 Å². The van der Waals surface area contributed by atoms with Gasteiger partial charge in [-0.25, -0.2) is 0 Å². The van der Waals surface area contributed by atoms with Crippen LogP contribution in [0.1, 0.15) is 11.6 Å². The predicted octanol–water partition coefficient (Wildman–Crippen LogP) is 1.16. The van der Waals surface area contributed by atoms with Gasteiger partial charge in [0.2, 0.25) is 0 Å². The summed E-state index contributed by atoms with van der Waals surface area (Å²) in [5.74, 6) is 0. The average Bonchev–Trinajstić information content (AvgIpc) is 2.60. The molecule has 1 aromatic heterocycles. The van der Waals surface area contributed by atoms with Gasteiger partial charge in [-0.3, -0.25) is 0 Å². The number of benzene rings is 1. The van der Waals surface area contributed by atoms with Crippen molar-refractivity contribution in [3.63, 3.8) is 0 Å². The molecule has 0 saturated carbocycles. The minimum Gasteiger partial charge on any atom is -0.394 e. The summed E-state index contributed by atoms with van der Waals surface area (Å²) in [6.45, 7) is -0.0259. The first kappa shape index (κ1) is 8.29. The molecule has 3 nitrogen and oxygen atoms in total. The molecular formula is C10H12N2O. The lowest BCUT2D eigenvalue weighted by Crippen LogP contribution is -2.13. The van der Waals surface area contributed by atoms with Crippen molar-refractivity contribution < 1.29 is 5.11 Å². The minimum absolute atomic E-state index is 0.0259. The van der Waals surface area contributed by atoms with Crippen molar-refractivity contribution in [3.8, 4) is 0 Å². The average molecular weight is 176 g/mol. The highest BCUT2D eigenvalue weighted by molar-refractivity contribution is 5.83. The molecule has 2 aromatic rings. The maximum atomic E-state index is 8.93. The normalized spacial score (nSPS) is 13.4. The van der Waals surface area contributed by atoms with Crippen LogP contribution in [-0.2, 0) is 0 Å². The molecule has 0 radical (unpaired) electrons. The molecule has 0 amide bonds. The second kappa shape index (κ2) is 3.20. The van der Waals surface area contributed by atoms with Crippen LogP contribution in [-0.4, -0.2) is 16.7 Å². The predicted molar refractivity (Wildman–Crippen MR) is 52.3 cm³/mol. The second-order valence-corrected chi connectivity index (χ2v) is 3.08. The van der Waals surface area contributed by atoms with Crippen LogP contribution in [0.2, 0.25) is 0 Å². The van der Waals surface area contributed by atoms with E-state index in [0.29, 0.717) is 0 Å². The van der Waals surface area contributed by atoms with E-state index in [1.807, 2.05) is 30.5 Å². The zero-order chi connectivity index (χ0) is 9.26. The molecule has 3 heteroatoms. The lowest BCUT2D eigenvalue weighted by atomic mass is 10.1. The number of aromatic nitrogens is 1. The van der Waals surface area contributed by atoms with Crippen LogP contribution in [0.3, 0.4) is 0 Å². The van der Waals surface area contributed by atoms with Gasteiger partial charge < -0.3 is 15.8 Å². The zero-order valence-electron chi connectivity index (χ0n) is 7.20. The number of aliphatic hydroxyl groups excluding tert-OH is 1. The monoisotopic (exact) mass is 176 g/mol. The summed E-state index contributed by atoms with van der Waals surface area (Å²) in [4.78, 5) is 3.11. The van der Waals surface area contributed by atoms with E-state index in [9.17, 15) is 0 Å². The van der Waals surface area contributed by atoms with Crippen LogP contribution in [0.25, 0.3) is 10.9 Å². The maximum Gasteiger partial charge on any atom is 0.0625 e. The van der Waals surface area contributed by atoms with E-state index < -0.39 is 0 Å². The minimum atomic E-state index is -0.295. The van der Waals surface area contributed by atoms with Crippen LogP contribution >= 0.6 is 0 Å². The Morgan fingerprint density at radius 2 is 2.15 bits per heavy atom. The largest absolute Gasteiger partial charge is 0.394 e. The molecule has 13 heavy (non-hydrogen) atoms. The van der Waals surface area contributed by atoms with E-state index in [1.165, 1.54) is 0 Å². The Balaban J connectivity index is 2.57. The number of fused-ring (bicyclic) bond motifs is 1. The first-order valence-electron chi connectivity index (χ1n) is 4.25. The Kier molecular flexibility index (Phi) is 2.04. The van der Waals surface area contributed by atoms with Gasteiger partial charge in [-0.05, 0) is 11.6 Å². The number of para-hydroxylation sites is 1. The summed E-state index contributed by atoms with van der Waals surface area (Å²) in [5, 5.41) is 10.0. The standard InChI is InChI=1S/C10H12N2O/c11-9(6-13)8-5-12-10-4-2-1-3-7(8)10/h1-5,9,12-13H,6,11H2. The summed E-state index contributed by atoms with van der Waals surface area (Å²) in [7, 11) is 0. The van der Waals surface area contributed by atoms with E-state index in [4.69, 9.17) is 10.8 Å². The Morgan fingerprint density at radius 1 is 1.38 bits per heavy atom. The fourth-order valence-electron chi connectivity index (χ4n) is 1.50.